The van der Waals surface area contributed by atoms with Crippen molar-refractivity contribution in [3.05, 3.63) is 58.7 Å². The van der Waals surface area contributed by atoms with Crippen LogP contribution in [-0.4, -0.2) is 16.2 Å². The molecule has 4 heteroatoms. The number of hydrogen-bond donors (Lipinski definition) is 2. The fourth-order valence-corrected chi connectivity index (χ4v) is 3.66. The molecular weight excluding hydrogens is 344 g/mol. The minimum Gasteiger partial charge on any atom is -0.478 e. The molecule has 0 aliphatic heterocycles. The van der Waals surface area contributed by atoms with Crippen molar-refractivity contribution in [2.75, 3.05) is 0 Å². The van der Waals surface area contributed by atoms with Crippen molar-refractivity contribution in [1.82, 2.24) is 0 Å². The van der Waals surface area contributed by atoms with E-state index in [2.05, 4.69) is 41.5 Å². The molecule has 0 radical (unpaired) electrons. The van der Waals surface area contributed by atoms with Gasteiger partial charge in [0.15, 0.2) is 0 Å². The van der Waals surface area contributed by atoms with Crippen LogP contribution in [0.2, 0.25) is 0 Å². The monoisotopic (exact) mass is 372 g/mol. The standard InChI is InChI=1S/C22H28O3S/c1-21(2,3)15-7-9-18(14(11-15)13-23)26-19-10-8-16(22(4,5)6)12-17(19)20(24)25/h7-12,23H,13H2,1-6H3,(H,24,25). The highest BCUT2D eigenvalue weighted by Gasteiger charge is 2.20. The van der Waals surface area contributed by atoms with Gasteiger partial charge in [-0.15, -0.1) is 0 Å². The van der Waals surface area contributed by atoms with Crippen molar-refractivity contribution in [3.8, 4) is 0 Å². The number of aromatic carboxylic acids is 1. The van der Waals surface area contributed by atoms with E-state index in [1.165, 1.54) is 11.8 Å². The lowest BCUT2D eigenvalue weighted by atomic mass is 9.86. The zero-order valence-corrected chi connectivity index (χ0v) is 17.2. The Labute approximate surface area is 160 Å². The lowest BCUT2D eigenvalue weighted by Gasteiger charge is -2.22. The van der Waals surface area contributed by atoms with Gasteiger partial charge in [0.2, 0.25) is 0 Å². The third kappa shape index (κ3) is 4.68. The maximum atomic E-state index is 11.8. The molecule has 0 aliphatic rings. The van der Waals surface area contributed by atoms with Crippen molar-refractivity contribution >= 4 is 17.7 Å². The predicted octanol–water partition coefficient (Wildman–Crippen LogP) is 5.62. The van der Waals surface area contributed by atoms with Gasteiger partial charge < -0.3 is 10.2 Å². The topological polar surface area (TPSA) is 57.5 Å². The third-order valence-electron chi connectivity index (χ3n) is 4.39. The minimum absolute atomic E-state index is 0.00625. The van der Waals surface area contributed by atoms with E-state index in [-0.39, 0.29) is 17.4 Å². The van der Waals surface area contributed by atoms with Gasteiger partial charge in [-0.2, -0.15) is 0 Å². The van der Waals surface area contributed by atoms with Gasteiger partial charge in [-0.25, -0.2) is 4.79 Å². The summed E-state index contributed by atoms with van der Waals surface area (Å²) in [5.41, 5.74) is 3.13. The quantitative estimate of drug-likeness (QED) is 0.731. The van der Waals surface area contributed by atoms with E-state index in [1.54, 1.807) is 6.07 Å². The highest BCUT2D eigenvalue weighted by atomic mass is 32.2. The van der Waals surface area contributed by atoms with Crippen LogP contribution in [0.4, 0.5) is 0 Å². The van der Waals surface area contributed by atoms with Gasteiger partial charge in [-0.1, -0.05) is 71.5 Å². The van der Waals surface area contributed by atoms with E-state index in [4.69, 9.17) is 0 Å². The van der Waals surface area contributed by atoms with Gasteiger partial charge in [0.1, 0.15) is 0 Å². The maximum absolute atomic E-state index is 11.8. The van der Waals surface area contributed by atoms with Crippen molar-refractivity contribution in [2.45, 2.75) is 68.8 Å². The SMILES string of the molecule is CC(C)(C)c1ccc(Sc2ccc(C(C)(C)C)cc2C(=O)O)c(CO)c1. The molecule has 0 saturated heterocycles. The van der Waals surface area contributed by atoms with E-state index in [0.717, 1.165) is 21.6 Å². The van der Waals surface area contributed by atoms with Crippen molar-refractivity contribution in [1.29, 1.82) is 0 Å². The van der Waals surface area contributed by atoms with E-state index in [1.807, 2.05) is 30.3 Å². The zero-order valence-electron chi connectivity index (χ0n) is 16.4. The lowest BCUT2D eigenvalue weighted by Crippen LogP contribution is -2.13. The molecule has 2 aromatic carbocycles. The molecule has 0 spiro atoms. The van der Waals surface area contributed by atoms with Crippen LogP contribution in [0, 0.1) is 0 Å². The molecule has 0 aliphatic carbocycles. The Morgan fingerprint density at radius 1 is 0.885 bits per heavy atom. The number of benzene rings is 2. The summed E-state index contributed by atoms with van der Waals surface area (Å²) in [7, 11) is 0. The van der Waals surface area contributed by atoms with Crippen LogP contribution in [0.15, 0.2) is 46.2 Å². The third-order valence-corrected chi connectivity index (χ3v) is 5.59. The molecule has 0 fully saturated rings. The zero-order chi connectivity index (χ0) is 19.7. The molecule has 2 rings (SSSR count). The van der Waals surface area contributed by atoms with E-state index in [0.29, 0.717) is 10.5 Å². The average Bonchev–Trinajstić information content (AvgIpc) is 2.53. The van der Waals surface area contributed by atoms with E-state index < -0.39 is 5.97 Å². The molecule has 0 unspecified atom stereocenters. The maximum Gasteiger partial charge on any atom is 0.336 e. The first-order chi connectivity index (χ1) is 11.9. The van der Waals surface area contributed by atoms with E-state index in [9.17, 15) is 15.0 Å². The average molecular weight is 373 g/mol. The van der Waals surface area contributed by atoms with Gasteiger partial charge in [0.25, 0.3) is 0 Å². The molecule has 0 heterocycles. The first-order valence-electron chi connectivity index (χ1n) is 8.73. The van der Waals surface area contributed by atoms with Crippen LogP contribution in [0.5, 0.6) is 0 Å². The Bertz CT molecular complexity index is 811. The second-order valence-corrected chi connectivity index (χ2v) is 9.68. The Morgan fingerprint density at radius 2 is 1.38 bits per heavy atom. The van der Waals surface area contributed by atoms with Gasteiger partial charge in [-0.05, 0) is 45.7 Å². The Kier molecular flexibility index (Phi) is 5.89. The molecule has 0 saturated carbocycles. The van der Waals surface area contributed by atoms with Crippen molar-refractivity contribution in [3.63, 3.8) is 0 Å². The fraction of sp³-hybridized carbons (Fsp3) is 0.409. The first-order valence-corrected chi connectivity index (χ1v) is 9.55. The molecule has 2 aromatic rings. The predicted molar refractivity (Wildman–Crippen MR) is 107 cm³/mol. The number of aliphatic hydroxyl groups is 1. The number of hydrogen-bond acceptors (Lipinski definition) is 3. The smallest absolute Gasteiger partial charge is 0.336 e. The van der Waals surface area contributed by atoms with Gasteiger partial charge in [0, 0.05) is 9.79 Å². The summed E-state index contributed by atoms with van der Waals surface area (Å²) in [6, 6.07) is 11.6. The van der Waals surface area contributed by atoms with Gasteiger partial charge in [0.05, 0.1) is 12.2 Å². The van der Waals surface area contributed by atoms with Crippen LogP contribution in [0.1, 0.15) is 68.6 Å². The number of carbonyl (C=O) groups is 1. The second kappa shape index (κ2) is 7.45. The minimum atomic E-state index is -0.935. The summed E-state index contributed by atoms with van der Waals surface area (Å²) in [6.07, 6.45) is 0. The molecule has 2 N–H and O–H groups in total. The fourth-order valence-electron chi connectivity index (χ4n) is 2.64. The molecule has 0 aromatic heterocycles. The van der Waals surface area contributed by atoms with Crippen LogP contribution >= 0.6 is 11.8 Å². The summed E-state index contributed by atoms with van der Waals surface area (Å²) < 4.78 is 0. The van der Waals surface area contributed by atoms with Crippen LogP contribution in [-0.2, 0) is 17.4 Å². The highest BCUT2D eigenvalue weighted by Crippen LogP contribution is 2.37. The summed E-state index contributed by atoms with van der Waals surface area (Å²) >= 11 is 1.39. The number of carboxylic acids is 1. The molecule has 140 valence electrons. The molecule has 26 heavy (non-hydrogen) atoms. The molecule has 0 bridgehead atoms. The molecule has 0 amide bonds. The molecular formula is C22H28O3S. The van der Waals surface area contributed by atoms with E-state index >= 15 is 0 Å². The van der Waals surface area contributed by atoms with Crippen molar-refractivity contribution < 1.29 is 15.0 Å². The summed E-state index contributed by atoms with van der Waals surface area (Å²) in [5.74, 6) is -0.935. The first kappa shape index (κ1) is 20.5. The summed E-state index contributed by atoms with van der Waals surface area (Å²) in [4.78, 5) is 13.3. The van der Waals surface area contributed by atoms with Crippen LogP contribution in [0.3, 0.4) is 0 Å². The highest BCUT2D eigenvalue weighted by molar-refractivity contribution is 7.99. The largest absolute Gasteiger partial charge is 0.478 e. The molecule has 0 atom stereocenters. The van der Waals surface area contributed by atoms with Gasteiger partial charge >= 0.3 is 5.97 Å². The van der Waals surface area contributed by atoms with Crippen LogP contribution in [0.25, 0.3) is 0 Å². The van der Waals surface area contributed by atoms with Crippen LogP contribution < -0.4 is 0 Å². The summed E-state index contributed by atoms with van der Waals surface area (Å²) in [5, 5.41) is 19.4. The van der Waals surface area contributed by atoms with Crippen molar-refractivity contribution in [2.24, 2.45) is 0 Å². The van der Waals surface area contributed by atoms with Gasteiger partial charge in [-0.3, -0.25) is 0 Å². The number of carboxylic acid groups (broad SMARTS) is 1. The second-order valence-electron chi connectivity index (χ2n) is 8.60. The number of rotatable bonds is 4. The Morgan fingerprint density at radius 3 is 1.85 bits per heavy atom. The lowest BCUT2D eigenvalue weighted by molar-refractivity contribution is 0.0693. The Balaban J connectivity index is 2.46. The Hall–Kier alpha value is -1.78. The molecule has 3 nitrogen and oxygen atoms in total. The summed E-state index contributed by atoms with van der Waals surface area (Å²) in [6.45, 7) is 12.5. The number of aliphatic hydroxyl groups excluding tert-OH is 1. The normalized spacial score (nSPS) is 12.3.